The molecular formula is C18H21FN4O3. The molecule has 1 aliphatic rings. The predicted molar refractivity (Wildman–Crippen MR) is 93.7 cm³/mol. The molecule has 138 valence electrons. The maximum atomic E-state index is 13.0. The molecule has 1 aliphatic heterocycles. The van der Waals surface area contributed by atoms with E-state index in [9.17, 15) is 14.0 Å². The normalized spacial score (nSPS) is 13.2. The van der Waals surface area contributed by atoms with Crippen molar-refractivity contribution in [2.45, 2.75) is 25.8 Å². The molecule has 3 rings (SSSR count). The van der Waals surface area contributed by atoms with Crippen LogP contribution in [0.15, 0.2) is 24.3 Å². The SMILES string of the molecule is COCCNC(=O)c1nc(C(=O)Nc2ccc(F)cc2)n2c1CCCC2. The van der Waals surface area contributed by atoms with Crippen molar-refractivity contribution in [1.82, 2.24) is 14.9 Å². The molecule has 0 unspecified atom stereocenters. The van der Waals surface area contributed by atoms with Crippen LogP contribution in [0.5, 0.6) is 0 Å². The average Bonchev–Trinajstić information content (AvgIpc) is 3.04. The monoisotopic (exact) mass is 360 g/mol. The Labute approximate surface area is 150 Å². The van der Waals surface area contributed by atoms with Crippen LogP contribution in [0.4, 0.5) is 10.1 Å². The summed E-state index contributed by atoms with van der Waals surface area (Å²) in [5, 5.41) is 5.44. The van der Waals surface area contributed by atoms with E-state index in [0.717, 1.165) is 18.5 Å². The van der Waals surface area contributed by atoms with Crippen molar-refractivity contribution in [2.24, 2.45) is 0 Å². The summed E-state index contributed by atoms with van der Waals surface area (Å²) in [6.45, 7) is 1.41. The highest BCUT2D eigenvalue weighted by atomic mass is 19.1. The number of rotatable bonds is 6. The molecule has 7 nitrogen and oxygen atoms in total. The van der Waals surface area contributed by atoms with Crippen LogP contribution in [0.3, 0.4) is 0 Å². The van der Waals surface area contributed by atoms with Gasteiger partial charge in [-0.2, -0.15) is 0 Å². The van der Waals surface area contributed by atoms with E-state index in [4.69, 9.17) is 4.74 Å². The molecule has 0 aliphatic carbocycles. The molecular weight excluding hydrogens is 339 g/mol. The van der Waals surface area contributed by atoms with E-state index in [1.54, 1.807) is 11.7 Å². The molecule has 0 atom stereocenters. The molecule has 1 aromatic carbocycles. The predicted octanol–water partition coefficient (Wildman–Crippen LogP) is 1.99. The fourth-order valence-electron chi connectivity index (χ4n) is 2.97. The van der Waals surface area contributed by atoms with Gasteiger partial charge in [-0.3, -0.25) is 9.59 Å². The molecule has 0 radical (unpaired) electrons. The second kappa shape index (κ2) is 8.09. The van der Waals surface area contributed by atoms with Crippen molar-refractivity contribution >= 4 is 17.5 Å². The maximum absolute atomic E-state index is 13.0. The molecule has 26 heavy (non-hydrogen) atoms. The van der Waals surface area contributed by atoms with Crippen LogP contribution < -0.4 is 10.6 Å². The number of carbonyl (C=O) groups is 2. The van der Waals surface area contributed by atoms with E-state index in [1.807, 2.05) is 0 Å². The van der Waals surface area contributed by atoms with Gasteiger partial charge in [0.05, 0.1) is 12.3 Å². The average molecular weight is 360 g/mol. The number of nitrogens with one attached hydrogen (secondary N) is 2. The van der Waals surface area contributed by atoms with Gasteiger partial charge >= 0.3 is 0 Å². The fourth-order valence-corrected chi connectivity index (χ4v) is 2.97. The third-order valence-electron chi connectivity index (χ3n) is 4.23. The van der Waals surface area contributed by atoms with Gasteiger partial charge in [-0.1, -0.05) is 0 Å². The lowest BCUT2D eigenvalue weighted by atomic mass is 10.1. The van der Waals surface area contributed by atoms with Crippen LogP contribution in [0.1, 0.15) is 39.6 Å². The van der Waals surface area contributed by atoms with Crippen molar-refractivity contribution in [3.05, 3.63) is 47.3 Å². The Balaban J connectivity index is 1.83. The highest BCUT2D eigenvalue weighted by Crippen LogP contribution is 2.22. The molecule has 0 bridgehead atoms. The van der Waals surface area contributed by atoms with Gasteiger partial charge in [-0.15, -0.1) is 0 Å². The third-order valence-corrected chi connectivity index (χ3v) is 4.23. The first-order chi connectivity index (χ1) is 12.6. The van der Waals surface area contributed by atoms with E-state index in [-0.39, 0.29) is 23.2 Å². The summed E-state index contributed by atoms with van der Waals surface area (Å²) >= 11 is 0. The molecule has 2 amide bonds. The van der Waals surface area contributed by atoms with Gasteiger partial charge in [0.2, 0.25) is 0 Å². The molecule has 0 saturated carbocycles. The number of benzene rings is 1. The lowest BCUT2D eigenvalue weighted by molar-refractivity contribution is 0.0931. The van der Waals surface area contributed by atoms with Crippen molar-refractivity contribution in [3.63, 3.8) is 0 Å². The number of carbonyl (C=O) groups excluding carboxylic acids is 2. The highest BCUT2D eigenvalue weighted by Gasteiger charge is 2.27. The van der Waals surface area contributed by atoms with Crippen LogP contribution in [0, 0.1) is 5.82 Å². The zero-order valence-corrected chi connectivity index (χ0v) is 14.5. The molecule has 0 fully saturated rings. The standard InChI is InChI=1S/C18H21FN4O3/c1-26-11-9-20-17(24)15-14-4-2-3-10-23(14)16(22-15)18(25)21-13-7-5-12(19)6-8-13/h5-8H,2-4,9-11H2,1H3,(H,20,24)(H,21,25). The maximum Gasteiger partial charge on any atom is 0.291 e. The molecule has 0 saturated heterocycles. The van der Waals surface area contributed by atoms with Crippen LogP contribution in [0.25, 0.3) is 0 Å². The number of ether oxygens (including phenoxy) is 1. The van der Waals surface area contributed by atoms with Gasteiger partial charge in [0, 0.05) is 25.9 Å². The van der Waals surface area contributed by atoms with Crippen LogP contribution in [-0.4, -0.2) is 41.6 Å². The number of imidazole rings is 1. The molecule has 2 N–H and O–H groups in total. The fraction of sp³-hybridized carbons (Fsp3) is 0.389. The summed E-state index contributed by atoms with van der Waals surface area (Å²) < 4.78 is 19.7. The van der Waals surface area contributed by atoms with E-state index in [0.29, 0.717) is 31.8 Å². The van der Waals surface area contributed by atoms with E-state index in [2.05, 4.69) is 15.6 Å². The third kappa shape index (κ3) is 3.91. The Kier molecular flexibility index (Phi) is 5.62. The lowest BCUT2D eigenvalue weighted by Crippen LogP contribution is -2.28. The van der Waals surface area contributed by atoms with Crippen molar-refractivity contribution in [1.29, 1.82) is 0 Å². The zero-order chi connectivity index (χ0) is 18.5. The van der Waals surface area contributed by atoms with Crippen LogP contribution in [0.2, 0.25) is 0 Å². The van der Waals surface area contributed by atoms with E-state index < -0.39 is 5.91 Å². The number of amides is 2. The van der Waals surface area contributed by atoms with Crippen molar-refractivity contribution < 1.29 is 18.7 Å². The van der Waals surface area contributed by atoms with Gasteiger partial charge in [0.1, 0.15) is 11.5 Å². The Hall–Kier alpha value is -2.74. The van der Waals surface area contributed by atoms with Gasteiger partial charge in [0.15, 0.2) is 5.82 Å². The van der Waals surface area contributed by atoms with Gasteiger partial charge in [-0.25, -0.2) is 9.37 Å². The number of halogens is 1. The lowest BCUT2D eigenvalue weighted by Gasteiger charge is -2.17. The highest BCUT2D eigenvalue weighted by molar-refractivity contribution is 6.03. The van der Waals surface area contributed by atoms with Crippen molar-refractivity contribution in [3.8, 4) is 0 Å². The first kappa shape index (κ1) is 18.1. The number of fused-ring (bicyclic) bond motifs is 1. The van der Waals surface area contributed by atoms with E-state index >= 15 is 0 Å². The van der Waals surface area contributed by atoms with E-state index in [1.165, 1.54) is 24.3 Å². The smallest absolute Gasteiger partial charge is 0.291 e. The molecule has 2 aromatic rings. The first-order valence-corrected chi connectivity index (χ1v) is 8.53. The van der Waals surface area contributed by atoms with Crippen molar-refractivity contribution in [2.75, 3.05) is 25.6 Å². The van der Waals surface area contributed by atoms with Crippen LogP contribution in [-0.2, 0) is 17.7 Å². The summed E-state index contributed by atoms with van der Waals surface area (Å²) in [6.07, 6.45) is 2.57. The summed E-state index contributed by atoms with van der Waals surface area (Å²) in [7, 11) is 1.56. The quantitative estimate of drug-likeness (QED) is 0.772. The molecule has 8 heteroatoms. The second-order valence-corrected chi connectivity index (χ2v) is 6.05. The zero-order valence-electron chi connectivity index (χ0n) is 14.5. The Bertz CT molecular complexity index is 802. The minimum absolute atomic E-state index is 0.195. The summed E-state index contributed by atoms with van der Waals surface area (Å²) in [5.74, 6) is -0.915. The topological polar surface area (TPSA) is 85.2 Å². The number of hydrogen-bond acceptors (Lipinski definition) is 4. The van der Waals surface area contributed by atoms with Gasteiger partial charge < -0.3 is 19.9 Å². The second-order valence-electron chi connectivity index (χ2n) is 6.05. The number of hydrogen-bond donors (Lipinski definition) is 2. The Morgan fingerprint density at radius 3 is 2.73 bits per heavy atom. The first-order valence-electron chi connectivity index (χ1n) is 8.53. The Morgan fingerprint density at radius 2 is 2.00 bits per heavy atom. The molecule has 2 heterocycles. The van der Waals surface area contributed by atoms with Gasteiger partial charge in [-0.05, 0) is 43.5 Å². The summed E-state index contributed by atoms with van der Waals surface area (Å²) in [4.78, 5) is 29.3. The van der Waals surface area contributed by atoms with Gasteiger partial charge in [0.25, 0.3) is 11.8 Å². The molecule has 1 aromatic heterocycles. The number of anilines is 1. The minimum atomic E-state index is -0.421. The number of methoxy groups -OCH3 is 1. The molecule has 0 spiro atoms. The summed E-state index contributed by atoms with van der Waals surface area (Å²) in [6, 6.07) is 5.49. The van der Waals surface area contributed by atoms with Crippen LogP contribution >= 0.6 is 0 Å². The summed E-state index contributed by atoms with van der Waals surface area (Å²) in [5.41, 5.74) is 1.52. The Morgan fingerprint density at radius 1 is 1.23 bits per heavy atom. The number of aromatic nitrogens is 2. The minimum Gasteiger partial charge on any atom is -0.383 e. The number of nitrogens with zero attached hydrogens (tertiary/aromatic N) is 2. The largest absolute Gasteiger partial charge is 0.383 e.